The van der Waals surface area contributed by atoms with Gasteiger partial charge in [0.15, 0.2) is 0 Å². The highest BCUT2D eigenvalue weighted by molar-refractivity contribution is 6.32. The molecule has 2 aromatic rings. The van der Waals surface area contributed by atoms with Crippen molar-refractivity contribution in [3.63, 3.8) is 0 Å². The van der Waals surface area contributed by atoms with Gasteiger partial charge in [-0.25, -0.2) is 0 Å². The summed E-state index contributed by atoms with van der Waals surface area (Å²) in [7, 11) is 1.52. The van der Waals surface area contributed by atoms with Gasteiger partial charge in [0.1, 0.15) is 11.7 Å². The number of carbonyl (C=O) groups is 1. The van der Waals surface area contributed by atoms with Gasteiger partial charge in [-0.3, -0.25) is 9.79 Å². The Kier molecular flexibility index (Phi) is 5.06. The maximum atomic E-state index is 12.7. The lowest BCUT2D eigenvalue weighted by molar-refractivity contribution is -0.118. The minimum absolute atomic E-state index is 0.187. The number of hydrogen-bond acceptors (Lipinski definition) is 4. The first-order chi connectivity index (χ1) is 12.0. The maximum absolute atomic E-state index is 12.7. The van der Waals surface area contributed by atoms with Gasteiger partial charge in [-0.1, -0.05) is 29.3 Å². The molecule has 3 rings (SSSR count). The van der Waals surface area contributed by atoms with E-state index in [0.29, 0.717) is 32.9 Å². The van der Waals surface area contributed by atoms with E-state index < -0.39 is 5.92 Å². The van der Waals surface area contributed by atoms with E-state index in [1.807, 2.05) is 6.07 Å². The molecule has 5 nitrogen and oxygen atoms in total. The van der Waals surface area contributed by atoms with E-state index in [0.717, 1.165) is 0 Å². The fraction of sp³-hybridized carbons (Fsp3) is 0.167. The SMILES string of the molecule is COc1cc(N2N=C(C)C(C=Nc3cccc(Cl)c3)C2=O)ccc1Cl. The van der Waals surface area contributed by atoms with Gasteiger partial charge in [0.2, 0.25) is 0 Å². The van der Waals surface area contributed by atoms with Crippen LogP contribution < -0.4 is 9.75 Å². The zero-order valence-electron chi connectivity index (χ0n) is 13.6. The molecule has 128 valence electrons. The highest BCUT2D eigenvalue weighted by Crippen LogP contribution is 2.32. The number of carbonyl (C=O) groups excluding carboxylic acids is 1. The lowest BCUT2D eigenvalue weighted by Crippen LogP contribution is -2.27. The van der Waals surface area contributed by atoms with E-state index in [-0.39, 0.29) is 5.91 Å². The van der Waals surface area contributed by atoms with Gasteiger partial charge in [-0.2, -0.15) is 10.1 Å². The largest absolute Gasteiger partial charge is 0.495 e. The molecule has 1 heterocycles. The third kappa shape index (κ3) is 3.67. The molecule has 0 saturated heterocycles. The highest BCUT2D eigenvalue weighted by atomic mass is 35.5. The Hall–Kier alpha value is -2.37. The Labute approximate surface area is 155 Å². The number of amides is 1. The van der Waals surface area contributed by atoms with Crippen LogP contribution in [-0.2, 0) is 4.79 Å². The van der Waals surface area contributed by atoms with Crippen LogP contribution in [-0.4, -0.2) is 24.9 Å². The summed E-state index contributed by atoms with van der Waals surface area (Å²) >= 11 is 12.0. The average Bonchev–Trinajstić information content (AvgIpc) is 2.88. The van der Waals surface area contributed by atoms with E-state index in [9.17, 15) is 4.79 Å². The molecule has 0 fully saturated rings. The van der Waals surface area contributed by atoms with Crippen molar-refractivity contribution in [3.05, 3.63) is 52.5 Å². The van der Waals surface area contributed by atoms with Crippen LogP contribution in [0.3, 0.4) is 0 Å². The molecule has 0 radical (unpaired) electrons. The highest BCUT2D eigenvalue weighted by Gasteiger charge is 2.33. The van der Waals surface area contributed by atoms with Crippen LogP contribution in [0.15, 0.2) is 52.6 Å². The second-order valence-electron chi connectivity index (χ2n) is 5.45. The van der Waals surface area contributed by atoms with Crippen LogP contribution in [0, 0.1) is 5.92 Å². The molecule has 7 heteroatoms. The van der Waals surface area contributed by atoms with Crippen molar-refractivity contribution in [2.45, 2.75) is 6.92 Å². The molecule has 1 aliphatic heterocycles. The Morgan fingerprint density at radius 2 is 2.04 bits per heavy atom. The van der Waals surface area contributed by atoms with Crippen LogP contribution in [0.1, 0.15) is 6.92 Å². The molecule has 0 spiro atoms. The van der Waals surface area contributed by atoms with Crippen LogP contribution in [0.2, 0.25) is 10.0 Å². The Morgan fingerprint density at radius 1 is 1.24 bits per heavy atom. The van der Waals surface area contributed by atoms with E-state index in [1.165, 1.54) is 12.1 Å². The van der Waals surface area contributed by atoms with Gasteiger partial charge < -0.3 is 4.74 Å². The lowest BCUT2D eigenvalue weighted by atomic mass is 10.1. The second-order valence-corrected chi connectivity index (χ2v) is 6.29. The predicted octanol–water partition coefficient (Wildman–Crippen LogP) is 4.74. The third-order valence-corrected chi connectivity index (χ3v) is 4.29. The van der Waals surface area contributed by atoms with Crippen molar-refractivity contribution < 1.29 is 9.53 Å². The van der Waals surface area contributed by atoms with Crippen LogP contribution >= 0.6 is 23.2 Å². The van der Waals surface area contributed by atoms with Crippen LogP contribution in [0.5, 0.6) is 5.75 Å². The first kappa shape index (κ1) is 17.5. The van der Waals surface area contributed by atoms with Crippen molar-refractivity contribution in [2.75, 3.05) is 12.1 Å². The minimum atomic E-state index is -0.527. The zero-order chi connectivity index (χ0) is 18.0. The quantitative estimate of drug-likeness (QED) is 0.724. The van der Waals surface area contributed by atoms with Crippen LogP contribution in [0.25, 0.3) is 0 Å². The Bertz CT molecular complexity index is 880. The molecule has 2 aromatic carbocycles. The smallest absolute Gasteiger partial charge is 0.261 e. The summed E-state index contributed by atoms with van der Waals surface area (Å²) in [5.41, 5.74) is 1.92. The maximum Gasteiger partial charge on any atom is 0.261 e. The van der Waals surface area contributed by atoms with Crippen molar-refractivity contribution in [1.82, 2.24) is 0 Å². The van der Waals surface area contributed by atoms with E-state index in [1.54, 1.807) is 49.5 Å². The number of ether oxygens (including phenoxy) is 1. The number of methoxy groups -OCH3 is 1. The average molecular weight is 376 g/mol. The Balaban J connectivity index is 1.84. The molecule has 0 aliphatic carbocycles. The summed E-state index contributed by atoms with van der Waals surface area (Å²) in [6.45, 7) is 1.79. The molecule has 1 atom stereocenters. The van der Waals surface area contributed by atoms with Crippen molar-refractivity contribution in [2.24, 2.45) is 16.0 Å². The molecule has 0 N–H and O–H groups in total. The fourth-order valence-corrected chi connectivity index (χ4v) is 2.81. The van der Waals surface area contributed by atoms with E-state index in [2.05, 4.69) is 10.1 Å². The lowest BCUT2D eigenvalue weighted by Gasteiger charge is -2.14. The molecule has 1 amide bonds. The van der Waals surface area contributed by atoms with Crippen molar-refractivity contribution in [3.8, 4) is 5.75 Å². The topological polar surface area (TPSA) is 54.3 Å². The third-order valence-electron chi connectivity index (χ3n) is 3.74. The molecule has 0 saturated carbocycles. The normalized spacial score (nSPS) is 17.3. The number of rotatable bonds is 4. The zero-order valence-corrected chi connectivity index (χ0v) is 15.1. The molecule has 1 aliphatic rings. The predicted molar refractivity (Wildman–Crippen MR) is 102 cm³/mol. The van der Waals surface area contributed by atoms with E-state index in [4.69, 9.17) is 27.9 Å². The molecular weight excluding hydrogens is 361 g/mol. The summed E-state index contributed by atoms with van der Waals surface area (Å²) in [6.07, 6.45) is 1.58. The summed E-state index contributed by atoms with van der Waals surface area (Å²) in [6, 6.07) is 12.2. The minimum Gasteiger partial charge on any atom is -0.495 e. The van der Waals surface area contributed by atoms with Crippen LogP contribution in [0.4, 0.5) is 11.4 Å². The van der Waals surface area contributed by atoms with Gasteiger partial charge in [0.25, 0.3) is 5.91 Å². The molecule has 0 bridgehead atoms. The molecule has 25 heavy (non-hydrogen) atoms. The molecular formula is C18H15Cl2N3O2. The van der Waals surface area contributed by atoms with Gasteiger partial charge in [0, 0.05) is 17.3 Å². The standard InChI is InChI=1S/C18H15Cl2N3O2/c1-11-15(10-21-13-5-3-4-12(19)8-13)18(24)23(22-11)14-6-7-16(20)17(9-14)25-2/h3-10,15H,1-2H3. The number of hydrogen-bond donors (Lipinski definition) is 0. The van der Waals surface area contributed by atoms with Gasteiger partial charge in [-0.05, 0) is 37.3 Å². The number of nitrogens with zero attached hydrogens (tertiary/aromatic N) is 3. The van der Waals surface area contributed by atoms with E-state index >= 15 is 0 Å². The van der Waals surface area contributed by atoms with Gasteiger partial charge in [0.05, 0.1) is 29.2 Å². The number of anilines is 1. The number of hydrazone groups is 1. The monoisotopic (exact) mass is 375 g/mol. The summed E-state index contributed by atoms with van der Waals surface area (Å²) in [4.78, 5) is 17.1. The fourth-order valence-electron chi connectivity index (χ4n) is 2.43. The number of benzene rings is 2. The summed E-state index contributed by atoms with van der Waals surface area (Å²) < 4.78 is 5.19. The summed E-state index contributed by atoms with van der Waals surface area (Å²) in [5, 5.41) is 6.74. The Morgan fingerprint density at radius 3 is 2.76 bits per heavy atom. The summed E-state index contributed by atoms with van der Waals surface area (Å²) in [5.74, 6) is -0.232. The molecule has 1 unspecified atom stereocenters. The van der Waals surface area contributed by atoms with Gasteiger partial charge in [-0.15, -0.1) is 0 Å². The number of halogens is 2. The first-order valence-corrected chi connectivity index (χ1v) is 8.27. The van der Waals surface area contributed by atoms with Gasteiger partial charge >= 0.3 is 0 Å². The van der Waals surface area contributed by atoms with Crippen molar-refractivity contribution >= 4 is 52.4 Å². The second kappa shape index (κ2) is 7.25. The first-order valence-electron chi connectivity index (χ1n) is 7.52. The number of aliphatic imine (C=N–C) groups is 1. The molecule has 0 aromatic heterocycles. The van der Waals surface area contributed by atoms with Crippen molar-refractivity contribution in [1.29, 1.82) is 0 Å².